The molecule has 6 nitrogen and oxygen atoms in total. The Morgan fingerprint density at radius 2 is 2.26 bits per heavy atom. The topological polar surface area (TPSA) is 84.3 Å². The van der Waals surface area contributed by atoms with Crippen LogP contribution in [0.15, 0.2) is 6.07 Å². The van der Waals surface area contributed by atoms with E-state index in [1.807, 2.05) is 6.92 Å². The molecular weight excluding hydrogens is 246 g/mol. The number of nitrogens with zero attached hydrogens (tertiary/aromatic N) is 2. The van der Waals surface area contributed by atoms with Crippen LogP contribution < -0.4 is 5.32 Å². The number of methoxy groups -OCH3 is 1. The van der Waals surface area contributed by atoms with Crippen LogP contribution in [0.4, 0.5) is 5.82 Å². The van der Waals surface area contributed by atoms with Crippen LogP contribution in [0, 0.1) is 6.92 Å². The molecule has 0 radical (unpaired) electrons. The molecule has 0 amide bonds. The summed E-state index contributed by atoms with van der Waals surface area (Å²) in [6, 6.07) is 1.13. The predicted molar refractivity (Wildman–Crippen MR) is 72.3 cm³/mol. The molecular formula is C13H21N3O3. The number of rotatable bonds is 8. The van der Waals surface area contributed by atoms with Gasteiger partial charge in [0.15, 0.2) is 0 Å². The van der Waals surface area contributed by atoms with Crippen LogP contribution in [0.3, 0.4) is 0 Å². The quantitative estimate of drug-likeness (QED) is 0.696. The molecule has 0 bridgehead atoms. The van der Waals surface area contributed by atoms with Crippen molar-refractivity contribution in [1.29, 1.82) is 0 Å². The number of aryl methyl sites for hydroxylation is 2. The zero-order valence-corrected chi connectivity index (χ0v) is 11.6. The lowest BCUT2D eigenvalue weighted by atomic mass is 10.1. The van der Waals surface area contributed by atoms with Gasteiger partial charge in [0.25, 0.3) is 0 Å². The smallest absolute Gasteiger partial charge is 0.326 e. The third kappa shape index (κ3) is 5.21. The van der Waals surface area contributed by atoms with Gasteiger partial charge in [-0.1, -0.05) is 6.92 Å². The van der Waals surface area contributed by atoms with Crippen molar-refractivity contribution in [3.63, 3.8) is 0 Å². The Morgan fingerprint density at radius 1 is 1.53 bits per heavy atom. The van der Waals surface area contributed by atoms with Gasteiger partial charge in [0.2, 0.25) is 0 Å². The summed E-state index contributed by atoms with van der Waals surface area (Å²) in [4.78, 5) is 19.7. The van der Waals surface area contributed by atoms with Crippen LogP contribution in [-0.2, 0) is 16.0 Å². The van der Waals surface area contributed by atoms with Gasteiger partial charge in [-0.25, -0.2) is 14.8 Å². The molecule has 2 N–H and O–H groups in total. The van der Waals surface area contributed by atoms with Crippen LogP contribution in [0.5, 0.6) is 0 Å². The molecule has 0 aromatic carbocycles. The average Bonchev–Trinajstić information content (AvgIpc) is 2.37. The molecule has 1 aromatic rings. The zero-order chi connectivity index (χ0) is 14.3. The highest BCUT2D eigenvalue weighted by atomic mass is 16.5. The largest absolute Gasteiger partial charge is 0.480 e. The van der Waals surface area contributed by atoms with Gasteiger partial charge in [-0.15, -0.1) is 0 Å². The normalized spacial score (nSPS) is 12.2. The van der Waals surface area contributed by atoms with E-state index < -0.39 is 12.0 Å². The fourth-order valence-electron chi connectivity index (χ4n) is 1.75. The molecule has 0 saturated heterocycles. The highest BCUT2D eigenvalue weighted by Crippen LogP contribution is 2.11. The Balaban J connectivity index is 2.72. The molecule has 1 aromatic heterocycles. The molecule has 0 aliphatic heterocycles. The maximum Gasteiger partial charge on any atom is 0.326 e. The van der Waals surface area contributed by atoms with Crippen LogP contribution in [0.25, 0.3) is 0 Å². The molecule has 0 spiro atoms. The van der Waals surface area contributed by atoms with Crippen molar-refractivity contribution in [3.05, 3.63) is 17.6 Å². The van der Waals surface area contributed by atoms with Crippen molar-refractivity contribution in [3.8, 4) is 0 Å². The average molecular weight is 267 g/mol. The van der Waals surface area contributed by atoms with Crippen molar-refractivity contribution < 1.29 is 14.6 Å². The molecule has 0 aliphatic carbocycles. The predicted octanol–water partition coefficient (Wildman–Crippen LogP) is 1.64. The first kappa shape index (κ1) is 15.4. The number of nitrogens with one attached hydrogen (secondary N) is 1. The molecule has 1 heterocycles. The molecule has 1 unspecified atom stereocenters. The van der Waals surface area contributed by atoms with Gasteiger partial charge in [0.05, 0.1) is 0 Å². The Bertz CT molecular complexity index is 424. The fraction of sp³-hybridized carbons (Fsp3) is 0.615. The monoisotopic (exact) mass is 267 g/mol. The first-order valence-corrected chi connectivity index (χ1v) is 6.39. The second-order valence-electron chi connectivity index (χ2n) is 4.32. The number of hydrogen-bond donors (Lipinski definition) is 2. The number of anilines is 1. The Labute approximate surface area is 113 Å². The van der Waals surface area contributed by atoms with Crippen LogP contribution >= 0.6 is 0 Å². The van der Waals surface area contributed by atoms with Gasteiger partial charge in [0, 0.05) is 25.5 Å². The highest BCUT2D eigenvalue weighted by Gasteiger charge is 2.17. The Morgan fingerprint density at radius 3 is 2.84 bits per heavy atom. The molecule has 0 saturated carbocycles. The minimum atomic E-state index is -0.884. The van der Waals surface area contributed by atoms with Gasteiger partial charge in [-0.2, -0.15) is 0 Å². The lowest BCUT2D eigenvalue weighted by molar-refractivity contribution is -0.138. The van der Waals surface area contributed by atoms with Gasteiger partial charge in [0.1, 0.15) is 17.7 Å². The molecule has 0 fully saturated rings. The van der Waals surface area contributed by atoms with Gasteiger partial charge >= 0.3 is 5.97 Å². The zero-order valence-electron chi connectivity index (χ0n) is 11.6. The van der Waals surface area contributed by atoms with Gasteiger partial charge in [-0.05, 0) is 26.2 Å². The molecule has 1 atom stereocenters. The summed E-state index contributed by atoms with van der Waals surface area (Å²) < 4.78 is 4.93. The molecule has 106 valence electrons. The van der Waals surface area contributed by atoms with Crippen molar-refractivity contribution in [2.24, 2.45) is 0 Å². The van der Waals surface area contributed by atoms with E-state index in [-0.39, 0.29) is 0 Å². The van der Waals surface area contributed by atoms with E-state index in [4.69, 9.17) is 4.74 Å². The number of aliphatic carboxylic acids is 1. The summed E-state index contributed by atoms with van der Waals surface area (Å²) in [6.07, 6.45) is 1.97. The van der Waals surface area contributed by atoms with Crippen molar-refractivity contribution in [2.75, 3.05) is 19.0 Å². The highest BCUT2D eigenvalue weighted by molar-refractivity contribution is 5.76. The fourth-order valence-corrected chi connectivity index (χ4v) is 1.75. The van der Waals surface area contributed by atoms with Gasteiger partial charge < -0.3 is 15.2 Å². The van der Waals surface area contributed by atoms with E-state index in [1.54, 1.807) is 20.1 Å². The van der Waals surface area contributed by atoms with Crippen LogP contribution in [-0.4, -0.2) is 40.8 Å². The van der Waals surface area contributed by atoms with E-state index in [0.717, 1.165) is 12.1 Å². The molecule has 6 heteroatoms. The number of hydrogen-bond acceptors (Lipinski definition) is 5. The molecule has 19 heavy (non-hydrogen) atoms. The van der Waals surface area contributed by atoms with Crippen molar-refractivity contribution in [1.82, 2.24) is 9.97 Å². The van der Waals surface area contributed by atoms with E-state index in [0.29, 0.717) is 31.1 Å². The second-order valence-corrected chi connectivity index (χ2v) is 4.32. The SMILES string of the molecule is CCc1cc(NC(CCCOC)C(=O)O)nc(C)n1. The Kier molecular flexibility index (Phi) is 6.21. The summed E-state index contributed by atoms with van der Waals surface area (Å²) in [6.45, 7) is 4.35. The lowest BCUT2D eigenvalue weighted by Gasteiger charge is -2.15. The van der Waals surface area contributed by atoms with E-state index in [9.17, 15) is 9.90 Å². The number of carboxylic acids is 1. The summed E-state index contributed by atoms with van der Waals surface area (Å²) in [5.41, 5.74) is 0.899. The maximum atomic E-state index is 11.2. The first-order chi connectivity index (χ1) is 9.06. The molecule has 0 aliphatic rings. The van der Waals surface area contributed by atoms with Gasteiger partial charge in [-0.3, -0.25) is 0 Å². The number of aromatic nitrogens is 2. The first-order valence-electron chi connectivity index (χ1n) is 6.39. The van der Waals surface area contributed by atoms with Crippen molar-refractivity contribution >= 4 is 11.8 Å². The number of carbonyl (C=O) groups is 1. The summed E-state index contributed by atoms with van der Waals surface area (Å²) >= 11 is 0. The lowest BCUT2D eigenvalue weighted by Crippen LogP contribution is -2.30. The number of ether oxygens (including phenoxy) is 1. The number of carboxylic acid groups (broad SMARTS) is 1. The standard InChI is InChI=1S/C13H21N3O3/c1-4-10-8-12(15-9(2)14-10)16-11(13(17)18)6-5-7-19-3/h8,11H,4-7H2,1-3H3,(H,17,18)(H,14,15,16). The van der Waals surface area contributed by atoms with Crippen molar-refractivity contribution in [2.45, 2.75) is 39.2 Å². The summed E-state index contributed by atoms with van der Waals surface area (Å²) in [7, 11) is 1.60. The van der Waals surface area contributed by atoms with E-state index in [1.165, 1.54) is 0 Å². The van der Waals surface area contributed by atoms with E-state index >= 15 is 0 Å². The minimum absolute atomic E-state index is 0.494. The second kappa shape index (κ2) is 7.68. The minimum Gasteiger partial charge on any atom is -0.480 e. The van der Waals surface area contributed by atoms with Crippen LogP contribution in [0.2, 0.25) is 0 Å². The maximum absolute atomic E-state index is 11.2. The molecule has 1 rings (SSSR count). The summed E-state index contributed by atoms with van der Waals surface area (Å²) in [5, 5.41) is 12.1. The summed E-state index contributed by atoms with van der Waals surface area (Å²) in [5.74, 6) is 0.322. The third-order valence-corrected chi connectivity index (χ3v) is 2.71. The Hall–Kier alpha value is -1.69. The van der Waals surface area contributed by atoms with E-state index in [2.05, 4.69) is 15.3 Å². The van der Waals surface area contributed by atoms with Crippen LogP contribution in [0.1, 0.15) is 31.3 Å². The third-order valence-electron chi connectivity index (χ3n) is 2.71.